The molecule has 0 bridgehead atoms. The molecule has 0 unspecified atom stereocenters. The first-order valence-electron chi connectivity index (χ1n) is 22.2. The third-order valence-corrected chi connectivity index (χ3v) is 5.55. The largest absolute Gasteiger partial charge is 0.513 e. The van der Waals surface area contributed by atoms with Gasteiger partial charge in [0, 0.05) is 74.6 Å². The first-order chi connectivity index (χ1) is 27.7. The van der Waals surface area contributed by atoms with Crippen LogP contribution in [-0.4, -0.2) is 86.2 Å². The molecule has 2 heterocycles. The van der Waals surface area contributed by atoms with Gasteiger partial charge in [-0.25, -0.2) is 9.59 Å². The summed E-state index contributed by atoms with van der Waals surface area (Å²) in [5.74, 6) is -0.629. The molecule has 0 radical (unpaired) electrons. The topological polar surface area (TPSA) is 109 Å². The Hall–Kier alpha value is -4.02. The van der Waals surface area contributed by atoms with Crippen molar-refractivity contribution in [3.63, 3.8) is 0 Å². The fourth-order valence-electron chi connectivity index (χ4n) is 3.83. The summed E-state index contributed by atoms with van der Waals surface area (Å²) in [6, 6.07) is 8.13. The van der Waals surface area contributed by atoms with Crippen molar-refractivity contribution in [1.82, 2.24) is 19.8 Å². The smallest absolute Gasteiger partial charge is 0.434 e. The highest BCUT2D eigenvalue weighted by Crippen LogP contribution is 2.30. The SMILES string of the molecule is [2H]C([2H])([2H])N(C([2H])([2H])[2H])C([2H])([2H])C([2H])([2H])c1c[nH]c2cccc(OC(=O)OCCCCCOC(=O)Oc3cccc4[nH]cc(C([2H])([2H])C([2H])([2H])N(C([2H])([2H])[2H])C([2H])([2H])[2H])c34)c12. The summed E-state index contributed by atoms with van der Waals surface area (Å²) in [5, 5.41) is -0.379. The highest BCUT2D eigenvalue weighted by molar-refractivity contribution is 5.91. The van der Waals surface area contributed by atoms with Crippen molar-refractivity contribution in [2.45, 2.75) is 32.0 Å². The third-order valence-electron chi connectivity index (χ3n) is 5.55. The van der Waals surface area contributed by atoms with Gasteiger partial charge in [0.05, 0.1) is 13.2 Å². The van der Waals surface area contributed by atoms with Crippen LogP contribution in [0.4, 0.5) is 9.59 Å². The van der Waals surface area contributed by atoms with Gasteiger partial charge < -0.3 is 38.7 Å². The van der Waals surface area contributed by atoms with Gasteiger partial charge in [0.2, 0.25) is 0 Å². The lowest BCUT2D eigenvalue weighted by Gasteiger charge is -2.11. The summed E-state index contributed by atoms with van der Waals surface area (Å²) in [5.41, 5.74) is -0.824. The summed E-state index contributed by atoms with van der Waals surface area (Å²) < 4.78 is 180. The van der Waals surface area contributed by atoms with Crippen molar-refractivity contribution in [2.75, 3.05) is 54.1 Å². The molecule has 0 amide bonds. The van der Waals surface area contributed by atoms with Crippen LogP contribution in [0.15, 0.2) is 48.8 Å². The zero-order valence-electron chi connectivity index (χ0n) is 41.5. The zero-order chi connectivity index (χ0) is 46.4. The number of aromatic amines is 2. The maximum atomic E-state index is 12.6. The fraction of sp³-hybridized carbons (Fsp3) is 0.419. The van der Waals surface area contributed by atoms with Crippen molar-refractivity contribution < 1.29 is 56.0 Å². The first kappa shape index (κ1) is 13.3. The van der Waals surface area contributed by atoms with Crippen LogP contribution in [0.2, 0.25) is 0 Å². The number of unbranched alkanes of at least 4 members (excludes halogenated alkanes) is 2. The molecule has 0 aliphatic rings. The Morgan fingerprint density at radius 1 is 0.732 bits per heavy atom. The van der Waals surface area contributed by atoms with E-state index < -0.39 is 86.9 Å². The number of ether oxygens (including phenoxy) is 4. The number of aryl methyl sites for hydroxylation is 2. The molecule has 0 saturated carbocycles. The Kier molecular flexibility index (Phi) is 4.73. The summed E-state index contributed by atoms with van der Waals surface area (Å²) in [6.07, 6.45) is -6.41. The monoisotopic (exact) mass is 584 g/mol. The van der Waals surface area contributed by atoms with Gasteiger partial charge in [-0.2, -0.15) is 0 Å². The molecule has 0 spiro atoms. The van der Waals surface area contributed by atoms with Gasteiger partial charge in [0.25, 0.3) is 0 Å². The molecular formula is C31H40N4O6. The normalized spacial score (nSPS) is 21.3. The summed E-state index contributed by atoms with van der Waals surface area (Å²) in [7, 11) is 0. The molecule has 0 aliphatic carbocycles. The molecule has 10 heteroatoms. The van der Waals surface area contributed by atoms with Gasteiger partial charge in [-0.3, -0.25) is 0 Å². The highest BCUT2D eigenvalue weighted by Gasteiger charge is 2.15. The number of hydrogen-bond donors (Lipinski definition) is 2. The maximum absolute atomic E-state index is 12.6. The van der Waals surface area contributed by atoms with Crippen LogP contribution >= 0.6 is 0 Å². The van der Waals surface area contributed by atoms with Crippen LogP contribution in [0.1, 0.15) is 57.8 Å². The van der Waals surface area contributed by atoms with E-state index in [1.54, 1.807) is 0 Å². The number of benzene rings is 2. The van der Waals surface area contributed by atoms with Crippen molar-refractivity contribution in [1.29, 1.82) is 0 Å². The van der Waals surface area contributed by atoms with Crippen LogP contribution < -0.4 is 9.47 Å². The van der Waals surface area contributed by atoms with Gasteiger partial charge in [-0.1, -0.05) is 12.1 Å². The molecular weight excluding hydrogens is 524 g/mol. The molecule has 0 atom stereocenters. The minimum absolute atomic E-state index is 0.134. The number of carbonyl (C=O) groups is 2. The van der Waals surface area contributed by atoms with Crippen molar-refractivity contribution in [2.24, 2.45) is 0 Å². The number of nitrogens with one attached hydrogen (secondary N) is 2. The molecule has 0 saturated heterocycles. The molecule has 2 aromatic heterocycles. The second-order valence-corrected chi connectivity index (χ2v) is 8.37. The summed E-state index contributed by atoms with van der Waals surface area (Å²) in [4.78, 5) is 29.6. The molecule has 0 aliphatic heterocycles. The second kappa shape index (κ2) is 14.6. The number of H-pyrrole nitrogens is 2. The zero-order valence-corrected chi connectivity index (χ0v) is 21.5. The van der Waals surface area contributed by atoms with Crippen LogP contribution in [-0.2, 0) is 22.2 Å². The number of nitrogens with zero attached hydrogens (tertiary/aromatic N) is 2. The first-order valence-corrected chi connectivity index (χ1v) is 12.2. The Bertz CT molecular complexity index is 2010. The van der Waals surface area contributed by atoms with E-state index in [0.29, 0.717) is 6.42 Å². The molecule has 220 valence electrons. The summed E-state index contributed by atoms with van der Waals surface area (Å²) >= 11 is 0. The quantitative estimate of drug-likeness (QED) is 0.109. The van der Waals surface area contributed by atoms with Crippen molar-refractivity contribution >= 4 is 34.1 Å². The predicted octanol–water partition coefficient (Wildman–Crippen LogP) is 5.76. The minimum Gasteiger partial charge on any atom is -0.434 e. The lowest BCUT2D eigenvalue weighted by atomic mass is 10.1. The van der Waals surface area contributed by atoms with Crippen LogP contribution in [0, 0.1) is 0 Å². The Morgan fingerprint density at radius 2 is 1.20 bits per heavy atom. The van der Waals surface area contributed by atoms with Gasteiger partial charge in [-0.15, -0.1) is 0 Å². The van der Waals surface area contributed by atoms with Gasteiger partial charge in [0.15, 0.2) is 0 Å². The lowest BCUT2D eigenvalue weighted by Crippen LogP contribution is -2.15. The molecule has 10 nitrogen and oxygen atoms in total. The maximum Gasteiger partial charge on any atom is 0.513 e. The van der Waals surface area contributed by atoms with Gasteiger partial charge in [0.1, 0.15) is 11.5 Å². The fourth-order valence-corrected chi connectivity index (χ4v) is 3.83. The van der Waals surface area contributed by atoms with Crippen LogP contribution in [0.5, 0.6) is 11.5 Å². The number of carbonyl (C=O) groups excluding carboxylic acids is 2. The van der Waals surface area contributed by atoms with Crippen LogP contribution in [0.25, 0.3) is 21.8 Å². The molecule has 2 N–H and O–H groups in total. The minimum atomic E-state index is -3.65. The van der Waals surface area contributed by atoms with E-state index >= 15 is 0 Å². The molecule has 0 fully saturated rings. The Labute approximate surface area is 268 Å². The van der Waals surface area contributed by atoms with E-state index in [-0.39, 0.29) is 59.4 Å². The highest BCUT2D eigenvalue weighted by atomic mass is 16.7. The summed E-state index contributed by atoms with van der Waals surface area (Å²) in [6.45, 7) is -22.1. The van der Waals surface area contributed by atoms with E-state index in [1.807, 2.05) is 0 Å². The molecule has 4 aromatic rings. The number of hydrogen-bond acceptors (Lipinski definition) is 8. The van der Waals surface area contributed by atoms with E-state index in [4.69, 9.17) is 46.4 Å². The number of aromatic nitrogens is 2. The van der Waals surface area contributed by atoms with Crippen molar-refractivity contribution in [3.05, 3.63) is 59.9 Å². The number of likely N-dealkylation sites (N-methyl/N-ethyl adjacent to an activating group) is 2. The molecule has 41 heavy (non-hydrogen) atoms. The van der Waals surface area contributed by atoms with E-state index in [9.17, 15) is 9.59 Å². The standard InChI is InChI=1S/C31H40N4O6/c1-34(2)16-14-22-20-32-24-10-8-12-26(28(22)24)40-30(36)38-18-6-5-7-19-39-31(37)41-27-13-9-11-25-29(27)23(21-33-25)15-17-35(3)4/h8-13,20-21,32-33H,5-7,14-19H2,1-4H3/i1D3,2D3,3D3,4D3,14D2,15D2,16D2,17D2. The van der Waals surface area contributed by atoms with Crippen LogP contribution in [0.3, 0.4) is 0 Å². The Morgan fingerprint density at radius 3 is 1.63 bits per heavy atom. The van der Waals surface area contributed by atoms with E-state index in [0.717, 1.165) is 12.4 Å². The van der Waals surface area contributed by atoms with Gasteiger partial charge >= 0.3 is 12.3 Å². The molecule has 2 aromatic carbocycles. The lowest BCUT2D eigenvalue weighted by molar-refractivity contribution is 0.0922. The Balaban J connectivity index is 1.35. The second-order valence-electron chi connectivity index (χ2n) is 8.37. The van der Waals surface area contributed by atoms with Gasteiger partial charge in [-0.05, 0) is 95.3 Å². The third kappa shape index (κ3) is 8.48. The average Bonchev–Trinajstić information content (AvgIpc) is 3.71. The number of fused-ring (bicyclic) bond motifs is 2. The van der Waals surface area contributed by atoms with E-state index in [2.05, 4.69) is 9.97 Å². The predicted molar refractivity (Wildman–Crippen MR) is 159 cm³/mol. The van der Waals surface area contributed by atoms with E-state index in [1.165, 1.54) is 36.4 Å². The number of rotatable bonds is 14. The average molecular weight is 585 g/mol. The molecule has 4 rings (SSSR count). The van der Waals surface area contributed by atoms with Crippen molar-refractivity contribution in [3.8, 4) is 11.5 Å².